The van der Waals surface area contributed by atoms with Gasteiger partial charge in [-0.05, 0) is 56.4 Å². The second-order valence-electron chi connectivity index (χ2n) is 7.45. The molecule has 10 heteroatoms. The minimum absolute atomic E-state index is 0.156. The van der Waals surface area contributed by atoms with Crippen molar-refractivity contribution < 1.29 is 9.53 Å². The second-order valence-corrected chi connectivity index (χ2v) is 9.45. The maximum absolute atomic E-state index is 12.3. The molecule has 3 aromatic rings. The van der Waals surface area contributed by atoms with Gasteiger partial charge in [0.25, 0.3) is 0 Å². The van der Waals surface area contributed by atoms with Gasteiger partial charge in [-0.3, -0.25) is 14.7 Å². The van der Waals surface area contributed by atoms with E-state index < -0.39 is 0 Å². The molecule has 168 valence electrons. The van der Waals surface area contributed by atoms with Gasteiger partial charge < -0.3 is 4.74 Å². The molecule has 4 rings (SSSR count). The van der Waals surface area contributed by atoms with Crippen LogP contribution in [0.2, 0.25) is 0 Å². The molecule has 1 amide bonds. The summed E-state index contributed by atoms with van der Waals surface area (Å²) in [4.78, 5) is 12.3. The topological polar surface area (TPSA) is 94.8 Å². The van der Waals surface area contributed by atoms with Gasteiger partial charge in [-0.15, -0.1) is 27.0 Å². The molecule has 1 aromatic carbocycles. The standard InChI is InChI=1S/C22H26N6O2S2/c1-3-13-28-20(15-9-11-17(12-10-15)30-16-7-5-6-8-16)25-27-22(28)31-14-18(29)23-21-26-24-19(4-2)32-21/h3,9-12,16H,1,4-8,13-14H2,2H3,(H,23,26,29). The van der Waals surface area contributed by atoms with E-state index in [2.05, 4.69) is 32.3 Å². The lowest BCUT2D eigenvalue weighted by molar-refractivity contribution is -0.113. The average Bonchev–Trinajstić information content (AvgIpc) is 3.55. The van der Waals surface area contributed by atoms with E-state index in [0.29, 0.717) is 22.9 Å². The Morgan fingerprint density at radius 1 is 1.25 bits per heavy atom. The maximum atomic E-state index is 12.3. The van der Waals surface area contributed by atoms with Gasteiger partial charge in [0.2, 0.25) is 11.0 Å². The fourth-order valence-corrected chi connectivity index (χ4v) is 4.96. The van der Waals surface area contributed by atoms with Crippen molar-refractivity contribution >= 4 is 34.1 Å². The molecule has 1 aliphatic carbocycles. The third kappa shape index (κ3) is 5.55. The number of allylic oxidation sites excluding steroid dienone is 1. The number of rotatable bonds is 10. The Bertz CT molecular complexity index is 1060. The Hall–Kier alpha value is -2.72. The number of hydrogen-bond acceptors (Lipinski definition) is 8. The first-order valence-electron chi connectivity index (χ1n) is 10.7. The Kier molecular flexibility index (Phi) is 7.54. The number of aromatic nitrogens is 5. The molecule has 0 bridgehead atoms. The van der Waals surface area contributed by atoms with Gasteiger partial charge in [0.05, 0.1) is 11.9 Å². The fraction of sp³-hybridized carbons (Fsp3) is 0.409. The number of anilines is 1. The Morgan fingerprint density at radius 3 is 2.72 bits per heavy atom. The van der Waals surface area contributed by atoms with E-state index in [1.807, 2.05) is 35.8 Å². The van der Waals surface area contributed by atoms with Crippen LogP contribution in [-0.2, 0) is 17.8 Å². The summed E-state index contributed by atoms with van der Waals surface area (Å²) in [7, 11) is 0. The molecule has 0 atom stereocenters. The third-order valence-electron chi connectivity index (χ3n) is 5.09. The third-order valence-corrected chi connectivity index (χ3v) is 7.04. The molecular weight excluding hydrogens is 444 g/mol. The molecule has 0 aliphatic heterocycles. The van der Waals surface area contributed by atoms with Crippen LogP contribution in [-0.4, -0.2) is 42.7 Å². The smallest absolute Gasteiger partial charge is 0.236 e. The summed E-state index contributed by atoms with van der Waals surface area (Å²) in [6.07, 6.45) is 7.66. The molecule has 2 aromatic heterocycles. The first-order chi connectivity index (χ1) is 15.7. The van der Waals surface area contributed by atoms with Crippen molar-refractivity contribution in [1.82, 2.24) is 25.0 Å². The van der Waals surface area contributed by atoms with Crippen molar-refractivity contribution in [2.24, 2.45) is 0 Å². The van der Waals surface area contributed by atoms with Crippen LogP contribution in [0.25, 0.3) is 11.4 Å². The zero-order chi connectivity index (χ0) is 22.3. The summed E-state index contributed by atoms with van der Waals surface area (Å²) in [5.41, 5.74) is 0.940. The van der Waals surface area contributed by atoms with Crippen molar-refractivity contribution in [3.8, 4) is 17.1 Å². The van der Waals surface area contributed by atoms with Gasteiger partial charge in [0, 0.05) is 12.1 Å². The van der Waals surface area contributed by atoms with Crippen LogP contribution in [0.4, 0.5) is 5.13 Å². The zero-order valence-corrected chi connectivity index (χ0v) is 19.6. The minimum atomic E-state index is -0.156. The van der Waals surface area contributed by atoms with E-state index in [9.17, 15) is 4.79 Å². The average molecular weight is 471 g/mol. The van der Waals surface area contributed by atoms with Gasteiger partial charge in [-0.25, -0.2) is 0 Å². The number of nitrogens with zero attached hydrogens (tertiary/aromatic N) is 5. The molecule has 1 saturated carbocycles. The number of thioether (sulfide) groups is 1. The van der Waals surface area contributed by atoms with Crippen LogP contribution >= 0.6 is 23.1 Å². The van der Waals surface area contributed by atoms with Crippen LogP contribution in [0.3, 0.4) is 0 Å². The van der Waals surface area contributed by atoms with Crippen LogP contribution in [0.5, 0.6) is 5.75 Å². The molecule has 0 radical (unpaired) electrons. The number of amides is 1. The Balaban J connectivity index is 1.41. The molecule has 1 N–H and O–H groups in total. The van der Waals surface area contributed by atoms with Crippen LogP contribution < -0.4 is 10.1 Å². The predicted molar refractivity (Wildman–Crippen MR) is 127 cm³/mol. The largest absolute Gasteiger partial charge is 0.490 e. The molecule has 2 heterocycles. The molecule has 1 aliphatic rings. The highest BCUT2D eigenvalue weighted by atomic mass is 32.2. The Labute approximate surface area is 195 Å². The quantitative estimate of drug-likeness (QED) is 0.342. The molecule has 32 heavy (non-hydrogen) atoms. The SMILES string of the molecule is C=CCn1c(SCC(=O)Nc2nnc(CC)s2)nnc1-c1ccc(OC2CCCC2)cc1. The van der Waals surface area contributed by atoms with Crippen molar-refractivity contribution in [2.75, 3.05) is 11.1 Å². The lowest BCUT2D eigenvalue weighted by Gasteiger charge is -2.13. The van der Waals surface area contributed by atoms with Gasteiger partial charge >= 0.3 is 0 Å². The summed E-state index contributed by atoms with van der Waals surface area (Å²) in [6, 6.07) is 7.95. The second kappa shape index (κ2) is 10.7. The number of aryl methyl sites for hydroxylation is 1. The number of hydrogen-bond donors (Lipinski definition) is 1. The normalized spacial score (nSPS) is 13.9. The number of carbonyl (C=O) groups is 1. The summed E-state index contributed by atoms with van der Waals surface area (Å²) in [5.74, 6) is 1.66. The van der Waals surface area contributed by atoms with Gasteiger partial charge in [-0.1, -0.05) is 36.1 Å². The first kappa shape index (κ1) is 22.5. The van der Waals surface area contributed by atoms with Crippen LogP contribution in [0.15, 0.2) is 42.1 Å². The highest BCUT2D eigenvalue weighted by molar-refractivity contribution is 7.99. The van der Waals surface area contributed by atoms with Gasteiger partial charge in [0.1, 0.15) is 10.8 Å². The van der Waals surface area contributed by atoms with E-state index in [-0.39, 0.29) is 11.7 Å². The lowest BCUT2D eigenvalue weighted by Crippen LogP contribution is -2.14. The van der Waals surface area contributed by atoms with Crippen molar-refractivity contribution in [1.29, 1.82) is 0 Å². The van der Waals surface area contributed by atoms with E-state index in [1.54, 1.807) is 6.08 Å². The van der Waals surface area contributed by atoms with E-state index in [0.717, 1.165) is 41.4 Å². The van der Waals surface area contributed by atoms with Gasteiger partial charge in [0.15, 0.2) is 11.0 Å². The van der Waals surface area contributed by atoms with Crippen molar-refractivity contribution in [2.45, 2.75) is 56.8 Å². The number of nitrogens with one attached hydrogen (secondary N) is 1. The summed E-state index contributed by atoms with van der Waals surface area (Å²) < 4.78 is 8.01. The van der Waals surface area contributed by atoms with Crippen LogP contribution in [0.1, 0.15) is 37.6 Å². The lowest BCUT2D eigenvalue weighted by atomic mass is 10.2. The summed E-state index contributed by atoms with van der Waals surface area (Å²) in [5, 5.41) is 21.5. The molecular formula is C22H26N6O2S2. The predicted octanol–water partition coefficient (Wildman–Crippen LogP) is 4.60. The zero-order valence-electron chi connectivity index (χ0n) is 18.0. The van der Waals surface area contributed by atoms with E-state index in [4.69, 9.17) is 4.74 Å². The molecule has 0 unspecified atom stereocenters. The van der Waals surface area contributed by atoms with E-state index in [1.165, 1.54) is 35.9 Å². The highest BCUT2D eigenvalue weighted by Crippen LogP contribution is 2.28. The fourth-order valence-electron chi connectivity index (χ4n) is 3.52. The number of carbonyl (C=O) groups excluding carboxylic acids is 1. The number of benzene rings is 1. The van der Waals surface area contributed by atoms with Crippen molar-refractivity contribution in [3.63, 3.8) is 0 Å². The number of ether oxygens (including phenoxy) is 1. The summed E-state index contributed by atoms with van der Waals surface area (Å²) >= 11 is 2.71. The van der Waals surface area contributed by atoms with Gasteiger partial charge in [-0.2, -0.15) is 0 Å². The van der Waals surface area contributed by atoms with E-state index >= 15 is 0 Å². The monoisotopic (exact) mass is 470 g/mol. The minimum Gasteiger partial charge on any atom is -0.490 e. The van der Waals surface area contributed by atoms with Crippen molar-refractivity contribution in [3.05, 3.63) is 41.9 Å². The Morgan fingerprint density at radius 2 is 2.03 bits per heavy atom. The molecule has 1 fully saturated rings. The molecule has 0 saturated heterocycles. The van der Waals surface area contributed by atoms with Crippen LogP contribution in [0, 0.1) is 0 Å². The summed E-state index contributed by atoms with van der Waals surface area (Å²) in [6.45, 7) is 6.39. The highest BCUT2D eigenvalue weighted by Gasteiger charge is 2.18. The maximum Gasteiger partial charge on any atom is 0.236 e. The first-order valence-corrected chi connectivity index (χ1v) is 12.5. The molecule has 0 spiro atoms. The molecule has 8 nitrogen and oxygen atoms in total.